The molecule has 4 N–H and O–H groups in total. The largest absolute Gasteiger partial charge is 0.494 e. The van der Waals surface area contributed by atoms with Crippen LogP contribution in [0.25, 0.3) is 0 Å². The van der Waals surface area contributed by atoms with Gasteiger partial charge in [0.1, 0.15) is 42.5 Å². The Morgan fingerprint density at radius 2 is 1.82 bits per heavy atom. The van der Waals surface area contributed by atoms with Gasteiger partial charge in [0, 0.05) is 12.1 Å². The summed E-state index contributed by atoms with van der Waals surface area (Å²) in [5.74, 6) is -0.951. The van der Waals surface area contributed by atoms with Gasteiger partial charge < -0.3 is 39.4 Å². The van der Waals surface area contributed by atoms with E-state index in [1.807, 2.05) is 31.2 Å². The van der Waals surface area contributed by atoms with E-state index in [0.717, 1.165) is 11.3 Å². The maximum absolute atomic E-state index is 10.9. The van der Waals surface area contributed by atoms with E-state index in [1.165, 1.54) is 13.2 Å². The van der Waals surface area contributed by atoms with Crippen molar-refractivity contribution >= 4 is 11.6 Å². The predicted molar refractivity (Wildman–Crippen MR) is 126 cm³/mol. The summed E-state index contributed by atoms with van der Waals surface area (Å²) in [5, 5.41) is 41.8. The summed E-state index contributed by atoms with van der Waals surface area (Å²) in [6, 6.07) is 10.8. The Morgan fingerprint density at radius 1 is 1.12 bits per heavy atom. The lowest BCUT2D eigenvalue weighted by Crippen LogP contribution is -2.64. The lowest BCUT2D eigenvalue weighted by Gasteiger charge is -2.48. The molecule has 3 rings (SSSR count). The third-order valence-corrected chi connectivity index (χ3v) is 6.11. The van der Waals surface area contributed by atoms with Crippen LogP contribution >= 0.6 is 11.6 Å². The first-order valence-electron chi connectivity index (χ1n) is 11.0. The Bertz CT molecular complexity index is 964. The molecule has 0 amide bonds. The van der Waals surface area contributed by atoms with Crippen molar-refractivity contribution in [3.63, 3.8) is 0 Å². The molecule has 9 heteroatoms. The highest BCUT2D eigenvalue weighted by Gasteiger charge is 2.56. The number of aliphatic hydroxyl groups is 4. The van der Waals surface area contributed by atoms with Crippen molar-refractivity contribution in [2.45, 2.75) is 43.5 Å². The molecule has 0 aliphatic carbocycles. The highest BCUT2D eigenvalue weighted by molar-refractivity contribution is 6.31. The quantitative estimate of drug-likeness (QED) is 0.371. The number of hydrogen-bond donors (Lipinski definition) is 4. The van der Waals surface area contributed by atoms with E-state index in [1.54, 1.807) is 12.1 Å². The van der Waals surface area contributed by atoms with Gasteiger partial charge in [-0.2, -0.15) is 0 Å². The van der Waals surface area contributed by atoms with Gasteiger partial charge in [0.25, 0.3) is 0 Å². The van der Waals surface area contributed by atoms with Gasteiger partial charge in [0.2, 0.25) is 5.79 Å². The molecule has 1 heterocycles. The summed E-state index contributed by atoms with van der Waals surface area (Å²) in [6.07, 6.45) is -4.10. The molecule has 1 unspecified atom stereocenters. The minimum absolute atomic E-state index is 0.131. The van der Waals surface area contributed by atoms with E-state index < -0.39 is 36.8 Å². The Kier molecular flexibility index (Phi) is 8.95. The Labute approximate surface area is 203 Å². The molecule has 2 aromatic rings. The van der Waals surface area contributed by atoms with Crippen molar-refractivity contribution in [2.24, 2.45) is 0 Å². The van der Waals surface area contributed by atoms with Gasteiger partial charge in [0.15, 0.2) is 0 Å². The van der Waals surface area contributed by atoms with Crippen molar-refractivity contribution < 1.29 is 39.4 Å². The Morgan fingerprint density at radius 3 is 2.41 bits per heavy atom. The summed E-state index contributed by atoms with van der Waals surface area (Å²) < 4.78 is 22.7. The zero-order chi connectivity index (χ0) is 24.9. The molecule has 1 fully saturated rings. The average molecular weight is 495 g/mol. The second-order valence-electron chi connectivity index (χ2n) is 7.93. The van der Waals surface area contributed by atoms with Crippen molar-refractivity contribution in [3.8, 4) is 11.5 Å². The van der Waals surface area contributed by atoms with Crippen LogP contribution in [0, 0.1) is 0 Å². The molecule has 1 aliphatic heterocycles. The Hall–Kier alpha value is -2.17. The number of methoxy groups -OCH3 is 1. The molecule has 5 atom stereocenters. The summed E-state index contributed by atoms with van der Waals surface area (Å²) >= 11 is 6.58. The first-order chi connectivity index (χ1) is 16.3. The fraction of sp³-hybridized carbons (Fsp3) is 0.440. The topological polar surface area (TPSA) is 118 Å². The van der Waals surface area contributed by atoms with Crippen LogP contribution in [0.4, 0.5) is 0 Å². The van der Waals surface area contributed by atoms with Gasteiger partial charge in [-0.25, -0.2) is 0 Å². The van der Waals surface area contributed by atoms with Gasteiger partial charge in [-0.05, 0) is 48.7 Å². The maximum Gasteiger partial charge on any atom is 0.228 e. The summed E-state index contributed by atoms with van der Waals surface area (Å²) in [7, 11) is 1.29. The van der Waals surface area contributed by atoms with Crippen molar-refractivity contribution in [2.75, 3.05) is 26.9 Å². The monoisotopic (exact) mass is 494 g/mol. The minimum Gasteiger partial charge on any atom is -0.494 e. The van der Waals surface area contributed by atoms with Crippen LogP contribution in [0.1, 0.15) is 23.6 Å². The first-order valence-corrected chi connectivity index (χ1v) is 11.3. The number of aliphatic hydroxyl groups excluding tert-OH is 4. The van der Waals surface area contributed by atoms with Gasteiger partial charge >= 0.3 is 0 Å². The molecule has 186 valence electrons. The van der Waals surface area contributed by atoms with Gasteiger partial charge in [-0.3, -0.25) is 0 Å². The molecule has 1 aliphatic rings. The molecular formula is C25H31ClO8. The zero-order valence-corrected chi connectivity index (χ0v) is 19.9. The van der Waals surface area contributed by atoms with Crippen molar-refractivity contribution in [1.29, 1.82) is 0 Å². The number of hydrogen-bond acceptors (Lipinski definition) is 8. The molecule has 0 aromatic heterocycles. The minimum atomic E-state index is -1.94. The molecule has 34 heavy (non-hydrogen) atoms. The fourth-order valence-electron chi connectivity index (χ4n) is 4.01. The van der Waals surface area contributed by atoms with Crippen LogP contribution in [0.2, 0.25) is 5.02 Å². The normalized spacial score (nSPS) is 26.8. The van der Waals surface area contributed by atoms with Gasteiger partial charge in [-0.1, -0.05) is 36.4 Å². The highest BCUT2D eigenvalue weighted by Crippen LogP contribution is 2.45. The standard InChI is InChI=1S/C25H31ClO8/c1-4-10-33-20-13-19(26)16(11-15-6-8-17(9-7-15)32-5-2)12-18(20)25(31-3)24(30)23(29)22(28)21(14-27)34-25/h4,6-9,12-13,21-24,27-30H,1,5,10-11,14H2,2-3H3/t21-,22-,23+,24-,25?/m1/s1. The van der Waals surface area contributed by atoms with Crippen LogP contribution in [0.3, 0.4) is 0 Å². The molecule has 1 saturated heterocycles. The van der Waals surface area contributed by atoms with E-state index in [-0.39, 0.29) is 17.9 Å². The Balaban J connectivity index is 2.08. The predicted octanol–water partition coefficient (Wildman–Crippen LogP) is 2.17. The average Bonchev–Trinajstić information content (AvgIpc) is 2.84. The smallest absolute Gasteiger partial charge is 0.228 e. The van der Waals surface area contributed by atoms with E-state index in [4.69, 9.17) is 30.5 Å². The van der Waals surface area contributed by atoms with E-state index in [2.05, 4.69) is 6.58 Å². The number of benzene rings is 2. The highest BCUT2D eigenvalue weighted by atomic mass is 35.5. The van der Waals surface area contributed by atoms with E-state index in [0.29, 0.717) is 23.6 Å². The molecule has 0 saturated carbocycles. The van der Waals surface area contributed by atoms with E-state index >= 15 is 0 Å². The molecule has 8 nitrogen and oxygen atoms in total. The third kappa shape index (κ3) is 5.23. The molecule has 0 spiro atoms. The molecule has 2 aromatic carbocycles. The second-order valence-corrected chi connectivity index (χ2v) is 8.34. The zero-order valence-electron chi connectivity index (χ0n) is 19.2. The number of ether oxygens (including phenoxy) is 4. The molecule has 0 radical (unpaired) electrons. The third-order valence-electron chi connectivity index (χ3n) is 5.76. The van der Waals surface area contributed by atoms with E-state index in [9.17, 15) is 20.4 Å². The van der Waals surface area contributed by atoms with Crippen LogP contribution in [-0.4, -0.2) is 71.8 Å². The summed E-state index contributed by atoms with van der Waals surface area (Å²) in [5.41, 5.74) is 1.88. The van der Waals surface area contributed by atoms with Crippen molar-refractivity contribution in [1.82, 2.24) is 0 Å². The van der Waals surface area contributed by atoms with Gasteiger partial charge in [0.05, 0.1) is 18.8 Å². The van der Waals surface area contributed by atoms with Crippen molar-refractivity contribution in [3.05, 3.63) is 70.8 Å². The fourth-order valence-corrected chi connectivity index (χ4v) is 4.23. The lowest BCUT2D eigenvalue weighted by molar-refractivity contribution is -0.366. The molecular weight excluding hydrogens is 464 g/mol. The van der Waals surface area contributed by atoms with Crippen LogP contribution < -0.4 is 9.47 Å². The lowest BCUT2D eigenvalue weighted by atomic mass is 9.86. The molecule has 0 bridgehead atoms. The second kappa shape index (κ2) is 11.5. The maximum atomic E-state index is 10.9. The number of halogens is 1. The number of rotatable bonds is 10. The first kappa shape index (κ1) is 26.4. The summed E-state index contributed by atoms with van der Waals surface area (Å²) in [4.78, 5) is 0. The summed E-state index contributed by atoms with van der Waals surface area (Å²) in [6.45, 7) is 5.65. The van der Waals surface area contributed by atoms with Crippen LogP contribution in [0.5, 0.6) is 11.5 Å². The SMILES string of the molecule is C=CCOc1cc(Cl)c(Cc2ccc(OCC)cc2)cc1C1(OC)O[C@H](CO)[C@@H](O)[C@H](O)[C@H]1O. The van der Waals surface area contributed by atoms with Crippen LogP contribution in [0.15, 0.2) is 49.1 Å². The van der Waals surface area contributed by atoms with Gasteiger partial charge in [-0.15, -0.1) is 0 Å². The van der Waals surface area contributed by atoms with Crippen LogP contribution in [-0.2, 0) is 21.7 Å².